The van der Waals surface area contributed by atoms with E-state index >= 15 is 0 Å². The van der Waals surface area contributed by atoms with Crippen LogP contribution in [0.4, 0.5) is 14.6 Å². The summed E-state index contributed by atoms with van der Waals surface area (Å²) in [5.74, 6) is 0.612. The highest BCUT2D eigenvalue weighted by Crippen LogP contribution is 2.48. The second-order valence-electron chi connectivity index (χ2n) is 8.31. The smallest absolute Gasteiger partial charge is 0.259 e. The molecule has 0 aliphatic heterocycles. The van der Waals surface area contributed by atoms with Crippen LogP contribution < -0.4 is 9.22 Å². The molecule has 29 heavy (non-hydrogen) atoms. The zero-order chi connectivity index (χ0) is 20.5. The standard InChI is InChI=1S/C21H24F2N5O/c1-11-24-20-18(21(25-11)28(3,13-5-6-13)14-7-8-14)26-12(2)27(20)19-16(22)9-15(29-4)10-17(19)23/h9-10,13-14H,5-8H2,1-4H3/q+1. The summed E-state index contributed by atoms with van der Waals surface area (Å²) in [6.07, 6.45) is 4.66. The molecule has 8 heteroatoms. The Kier molecular flexibility index (Phi) is 3.93. The van der Waals surface area contributed by atoms with Gasteiger partial charge in [0.15, 0.2) is 22.8 Å². The first-order valence-electron chi connectivity index (χ1n) is 9.98. The summed E-state index contributed by atoms with van der Waals surface area (Å²) < 4.78 is 36.9. The van der Waals surface area contributed by atoms with Gasteiger partial charge in [0, 0.05) is 37.8 Å². The Morgan fingerprint density at radius 3 is 2.10 bits per heavy atom. The summed E-state index contributed by atoms with van der Waals surface area (Å²) in [6, 6.07) is 3.40. The van der Waals surface area contributed by atoms with Crippen molar-refractivity contribution in [3.05, 3.63) is 35.4 Å². The molecule has 152 valence electrons. The van der Waals surface area contributed by atoms with E-state index in [1.54, 1.807) is 6.92 Å². The molecule has 5 rings (SSSR count). The number of ether oxygens (including phenoxy) is 1. The third kappa shape index (κ3) is 2.73. The van der Waals surface area contributed by atoms with Gasteiger partial charge in [0.25, 0.3) is 5.82 Å². The van der Waals surface area contributed by atoms with E-state index in [9.17, 15) is 8.78 Å². The van der Waals surface area contributed by atoms with Gasteiger partial charge in [-0.2, -0.15) is 4.98 Å². The Labute approximate surface area is 167 Å². The number of aryl methyl sites for hydroxylation is 2. The predicted octanol–water partition coefficient (Wildman–Crippen LogP) is 3.98. The minimum atomic E-state index is -0.719. The van der Waals surface area contributed by atoms with E-state index in [2.05, 4.69) is 12.0 Å². The fourth-order valence-corrected chi connectivity index (χ4v) is 4.50. The second kappa shape index (κ2) is 6.19. The van der Waals surface area contributed by atoms with Crippen molar-refractivity contribution in [2.24, 2.45) is 0 Å². The van der Waals surface area contributed by atoms with E-state index in [1.807, 2.05) is 6.92 Å². The number of hydrogen-bond donors (Lipinski definition) is 0. The first-order valence-corrected chi connectivity index (χ1v) is 9.98. The zero-order valence-electron chi connectivity index (χ0n) is 17.0. The first kappa shape index (κ1) is 18.4. The van der Waals surface area contributed by atoms with Gasteiger partial charge in [-0.3, -0.25) is 9.05 Å². The second-order valence-corrected chi connectivity index (χ2v) is 8.31. The summed E-state index contributed by atoms with van der Waals surface area (Å²) in [5, 5.41) is 0. The van der Waals surface area contributed by atoms with Gasteiger partial charge in [-0.25, -0.2) is 18.7 Å². The minimum absolute atomic E-state index is 0.129. The van der Waals surface area contributed by atoms with Crippen LogP contribution in [0.1, 0.15) is 37.3 Å². The number of benzene rings is 1. The molecule has 0 N–H and O–H groups in total. The van der Waals surface area contributed by atoms with Gasteiger partial charge in [-0.15, -0.1) is 0 Å². The van der Waals surface area contributed by atoms with Crippen molar-refractivity contribution in [1.82, 2.24) is 24.0 Å². The van der Waals surface area contributed by atoms with Gasteiger partial charge in [0.05, 0.1) is 26.2 Å². The van der Waals surface area contributed by atoms with Crippen molar-refractivity contribution >= 4 is 17.0 Å². The summed E-state index contributed by atoms with van der Waals surface area (Å²) in [7, 11) is 3.60. The maximum absolute atomic E-state index is 14.9. The first-order chi connectivity index (χ1) is 13.8. The van der Waals surface area contributed by atoms with Crippen molar-refractivity contribution in [1.29, 1.82) is 0 Å². The Morgan fingerprint density at radius 2 is 1.59 bits per heavy atom. The number of nitrogens with zero attached hydrogens (tertiary/aromatic N) is 5. The molecule has 0 unspecified atom stereocenters. The number of halogens is 2. The normalized spacial score (nSPS) is 17.2. The molecule has 6 nitrogen and oxygen atoms in total. The van der Waals surface area contributed by atoms with Crippen molar-refractivity contribution in [3.8, 4) is 11.4 Å². The molecule has 0 bridgehead atoms. The summed E-state index contributed by atoms with van der Waals surface area (Å²) in [6.45, 7) is 3.56. The number of methoxy groups -OCH3 is 1. The van der Waals surface area contributed by atoms with Crippen LogP contribution in [0.25, 0.3) is 16.9 Å². The lowest BCUT2D eigenvalue weighted by Gasteiger charge is -2.33. The summed E-state index contributed by atoms with van der Waals surface area (Å²) in [4.78, 5) is 14.0. The monoisotopic (exact) mass is 400 g/mol. The van der Waals surface area contributed by atoms with Gasteiger partial charge in [-0.05, 0) is 13.8 Å². The van der Waals surface area contributed by atoms with Crippen molar-refractivity contribution in [2.45, 2.75) is 51.6 Å². The fraction of sp³-hybridized carbons (Fsp3) is 0.476. The maximum atomic E-state index is 14.9. The Balaban J connectivity index is 1.78. The van der Waals surface area contributed by atoms with E-state index < -0.39 is 11.6 Å². The summed E-state index contributed by atoms with van der Waals surface area (Å²) >= 11 is 0. The lowest BCUT2D eigenvalue weighted by atomic mass is 10.2. The molecule has 2 fully saturated rings. The number of aromatic nitrogens is 4. The highest BCUT2D eigenvalue weighted by molar-refractivity contribution is 5.85. The molecule has 2 aliphatic rings. The van der Waals surface area contributed by atoms with Gasteiger partial charge in [-0.1, -0.05) is 0 Å². The van der Waals surface area contributed by atoms with Gasteiger partial charge in [0.1, 0.15) is 23.1 Å². The fourth-order valence-electron chi connectivity index (χ4n) is 4.50. The average Bonchev–Trinajstić information content (AvgIpc) is 3.57. The Bertz CT molecular complexity index is 1100. The lowest BCUT2D eigenvalue weighted by molar-refractivity contribution is 0.302. The van der Waals surface area contributed by atoms with Crippen LogP contribution in [0.5, 0.6) is 5.75 Å². The molecule has 0 saturated heterocycles. The molecule has 2 aromatic heterocycles. The molecule has 0 spiro atoms. The van der Waals surface area contributed by atoms with Crippen LogP contribution in [-0.4, -0.2) is 45.8 Å². The average molecular weight is 400 g/mol. The third-order valence-electron chi connectivity index (χ3n) is 6.28. The van der Waals surface area contributed by atoms with Crippen LogP contribution in [0.2, 0.25) is 0 Å². The van der Waals surface area contributed by atoms with Crippen molar-refractivity contribution in [3.63, 3.8) is 0 Å². The zero-order valence-corrected chi connectivity index (χ0v) is 17.0. The molecular formula is C21H24F2N5O+. The van der Waals surface area contributed by atoms with E-state index in [1.165, 1.54) is 49.5 Å². The number of quaternary nitrogens is 1. The maximum Gasteiger partial charge on any atom is 0.259 e. The molecule has 2 heterocycles. The quantitative estimate of drug-likeness (QED) is 0.608. The molecule has 2 saturated carbocycles. The van der Waals surface area contributed by atoms with Gasteiger partial charge in [0.2, 0.25) is 0 Å². The molecule has 2 aliphatic carbocycles. The molecular weight excluding hydrogens is 376 g/mol. The number of imidazole rings is 1. The van der Waals surface area contributed by atoms with E-state index in [0.717, 1.165) is 10.3 Å². The van der Waals surface area contributed by atoms with E-state index in [4.69, 9.17) is 14.7 Å². The predicted molar refractivity (Wildman–Crippen MR) is 106 cm³/mol. The highest BCUT2D eigenvalue weighted by Gasteiger charge is 2.55. The minimum Gasteiger partial charge on any atom is -0.497 e. The van der Waals surface area contributed by atoms with Crippen molar-refractivity contribution in [2.75, 3.05) is 14.2 Å². The number of fused-ring (bicyclic) bond motifs is 1. The topological polar surface area (TPSA) is 52.8 Å². The van der Waals surface area contributed by atoms with E-state index in [-0.39, 0.29) is 11.4 Å². The summed E-state index contributed by atoms with van der Waals surface area (Å²) in [5.41, 5.74) is 0.879. The van der Waals surface area contributed by atoms with Gasteiger partial charge < -0.3 is 4.74 Å². The van der Waals surface area contributed by atoms with Crippen LogP contribution in [0.15, 0.2) is 12.1 Å². The van der Waals surface area contributed by atoms with Crippen LogP contribution >= 0.6 is 0 Å². The number of rotatable bonds is 5. The van der Waals surface area contributed by atoms with Crippen LogP contribution in [0, 0.1) is 25.5 Å². The molecule has 0 radical (unpaired) electrons. The molecule has 3 aromatic rings. The molecule has 0 amide bonds. The molecule has 0 atom stereocenters. The lowest BCUT2D eigenvalue weighted by Crippen LogP contribution is -2.50. The largest absolute Gasteiger partial charge is 0.497 e. The highest BCUT2D eigenvalue weighted by atomic mass is 19.1. The third-order valence-corrected chi connectivity index (χ3v) is 6.28. The van der Waals surface area contributed by atoms with Gasteiger partial charge >= 0.3 is 0 Å². The SMILES string of the molecule is COc1cc(F)c(-n2c(C)nc3c([N+](C)(C4CC4)C4CC4)nc(C)nc32)c(F)c1. The number of hydrogen-bond acceptors (Lipinski definition) is 4. The van der Waals surface area contributed by atoms with Crippen LogP contribution in [0.3, 0.4) is 0 Å². The van der Waals surface area contributed by atoms with Crippen LogP contribution in [-0.2, 0) is 0 Å². The Morgan fingerprint density at radius 1 is 1.00 bits per heavy atom. The van der Waals surface area contributed by atoms with E-state index in [0.29, 0.717) is 34.9 Å². The Hall–Kier alpha value is -2.61. The molecule has 1 aromatic carbocycles. The van der Waals surface area contributed by atoms with Crippen molar-refractivity contribution < 1.29 is 13.5 Å².